The molecule has 0 amide bonds. The lowest BCUT2D eigenvalue weighted by Gasteiger charge is -2.35. The molecule has 0 N–H and O–H groups in total. The normalized spacial score (nSPS) is 22.0. The molecule has 2 aromatic rings. The molecule has 8 heteroatoms. The topological polar surface area (TPSA) is 81.7 Å². The summed E-state index contributed by atoms with van der Waals surface area (Å²) in [6, 6.07) is 3.90. The number of rotatable bonds is 4. The lowest BCUT2D eigenvalue weighted by Crippen LogP contribution is -2.27. The van der Waals surface area contributed by atoms with E-state index in [1.807, 2.05) is 19.1 Å². The molecule has 0 aromatic heterocycles. The summed E-state index contributed by atoms with van der Waals surface area (Å²) < 4.78 is 41.1. The van der Waals surface area contributed by atoms with Gasteiger partial charge in [0.1, 0.15) is 6.10 Å². The Hall–Kier alpha value is -3.55. The van der Waals surface area contributed by atoms with Gasteiger partial charge in [-0.1, -0.05) is 19.9 Å². The average molecular weight is 483 g/mol. The van der Waals surface area contributed by atoms with E-state index in [9.17, 15) is 4.79 Å². The van der Waals surface area contributed by atoms with Gasteiger partial charge in [-0.2, -0.15) is 0 Å². The fourth-order valence-corrected chi connectivity index (χ4v) is 5.01. The number of carbonyl (C=O) groups excluding carboxylic acids is 1. The summed E-state index contributed by atoms with van der Waals surface area (Å²) >= 11 is 0. The number of methoxy groups -OCH3 is 2. The third-order valence-electron chi connectivity index (χ3n) is 7.22. The highest BCUT2D eigenvalue weighted by molar-refractivity contribution is 5.90. The monoisotopic (exact) mass is 482 g/mol. The van der Waals surface area contributed by atoms with Gasteiger partial charge in [0.15, 0.2) is 23.0 Å². The van der Waals surface area contributed by atoms with Crippen LogP contribution < -0.4 is 28.4 Å². The Bertz CT molecular complexity index is 1210. The van der Waals surface area contributed by atoms with Gasteiger partial charge in [0.05, 0.1) is 14.2 Å². The fraction of sp³-hybridized carbons (Fsp3) is 0.444. The molecule has 1 aliphatic carbocycles. The number of esters is 1. The van der Waals surface area contributed by atoms with E-state index in [1.54, 1.807) is 27.2 Å². The number of allylic oxidation sites excluding steroid dienone is 1. The van der Waals surface area contributed by atoms with Crippen molar-refractivity contribution < 1.29 is 38.0 Å². The maximum Gasteiger partial charge on any atom is 0.333 e. The molecule has 1 unspecified atom stereocenters. The van der Waals surface area contributed by atoms with E-state index in [2.05, 4.69) is 13.8 Å². The van der Waals surface area contributed by atoms with Crippen molar-refractivity contribution in [1.82, 2.24) is 0 Å². The first-order valence-corrected chi connectivity index (χ1v) is 11.7. The number of ether oxygens (including phenoxy) is 7. The first kappa shape index (κ1) is 23.2. The Morgan fingerprint density at radius 3 is 2.14 bits per heavy atom. The molecule has 0 bridgehead atoms. The van der Waals surface area contributed by atoms with Crippen molar-refractivity contribution in [1.29, 1.82) is 0 Å². The highest BCUT2D eigenvalue weighted by atomic mass is 16.7. The Morgan fingerprint density at radius 2 is 1.54 bits per heavy atom. The second-order valence-corrected chi connectivity index (χ2v) is 9.12. The second-order valence-electron chi connectivity index (χ2n) is 9.12. The lowest BCUT2D eigenvalue weighted by atomic mass is 9.76. The van der Waals surface area contributed by atoms with Crippen molar-refractivity contribution in [2.24, 2.45) is 11.8 Å². The molecule has 3 atom stereocenters. The highest BCUT2D eigenvalue weighted by Crippen LogP contribution is 2.59. The van der Waals surface area contributed by atoms with Crippen molar-refractivity contribution in [3.05, 3.63) is 34.9 Å². The molecule has 3 aliphatic rings. The van der Waals surface area contributed by atoms with E-state index in [-0.39, 0.29) is 31.4 Å². The van der Waals surface area contributed by atoms with Crippen molar-refractivity contribution in [3.8, 4) is 45.6 Å². The zero-order chi connectivity index (χ0) is 24.9. The quantitative estimate of drug-likeness (QED) is 0.434. The summed E-state index contributed by atoms with van der Waals surface area (Å²) in [4.78, 5) is 13.0. The molecule has 0 radical (unpaired) electrons. The molecule has 8 nitrogen and oxygen atoms in total. The van der Waals surface area contributed by atoms with Gasteiger partial charge < -0.3 is 33.2 Å². The van der Waals surface area contributed by atoms with Crippen LogP contribution in [-0.4, -0.2) is 33.8 Å². The van der Waals surface area contributed by atoms with Crippen LogP contribution >= 0.6 is 0 Å². The molecule has 35 heavy (non-hydrogen) atoms. The average Bonchev–Trinajstić information content (AvgIpc) is 3.53. The molecule has 5 rings (SSSR count). The van der Waals surface area contributed by atoms with Crippen LogP contribution in [0.1, 0.15) is 44.9 Å². The predicted molar refractivity (Wildman–Crippen MR) is 128 cm³/mol. The number of hydrogen-bond donors (Lipinski definition) is 0. The van der Waals surface area contributed by atoms with Crippen LogP contribution in [0.25, 0.3) is 11.1 Å². The summed E-state index contributed by atoms with van der Waals surface area (Å²) in [7, 11) is 3.20. The van der Waals surface area contributed by atoms with Crippen LogP contribution in [0.5, 0.6) is 34.5 Å². The van der Waals surface area contributed by atoms with E-state index in [0.717, 1.165) is 22.3 Å². The lowest BCUT2D eigenvalue weighted by molar-refractivity contribution is -0.148. The van der Waals surface area contributed by atoms with Crippen molar-refractivity contribution in [2.45, 2.75) is 40.2 Å². The Labute approximate surface area is 204 Å². The van der Waals surface area contributed by atoms with E-state index in [0.29, 0.717) is 46.5 Å². The van der Waals surface area contributed by atoms with Gasteiger partial charge in [-0.05, 0) is 43.9 Å². The molecule has 0 spiro atoms. The Morgan fingerprint density at radius 1 is 0.943 bits per heavy atom. The number of benzene rings is 2. The van der Waals surface area contributed by atoms with Crippen molar-refractivity contribution in [2.75, 3.05) is 27.8 Å². The Kier molecular flexibility index (Phi) is 5.91. The largest absolute Gasteiger partial charge is 0.492 e. The minimum Gasteiger partial charge on any atom is -0.492 e. The van der Waals surface area contributed by atoms with E-state index in [1.165, 1.54) is 0 Å². The molecular weight excluding hydrogens is 452 g/mol. The maximum absolute atomic E-state index is 13.0. The number of hydrogen-bond acceptors (Lipinski definition) is 8. The van der Waals surface area contributed by atoms with Gasteiger partial charge in [0.25, 0.3) is 0 Å². The summed E-state index contributed by atoms with van der Waals surface area (Å²) in [6.07, 6.45) is 1.89. The van der Waals surface area contributed by atoms with Crippen LogP contribution in [-0.2, 0) is 16.0 Å². The predicted octanol–water partition coefficient (Wildman–Crippen LogP) is 5.21. The van der Waals surface area contributed by atoms with E-state index in [4.69, 9.17) is 33.2 Å². The van der Waals surface area contributed by atoms with E-state index >= 15 is 0 Å². The summed E-state index contributed by atoms with van der Waals surface area (Å²) in [5.74, 6) is 3.06. The van der Waals surface area contributed by atoms with Crippen LogP contribution in [0, 0.1) is 11.8 Å². The van der Waals surface area contributed by atoms with Gasteiger partial charge in [-0.3, -0.25) is 0 Å². The standard InChI is InChI=1S/C27H30O8/c1-7-13(2)27(28)35-22-15(4)14(3)8-16-9-18-23(33-11-31-18)25(29-5)20(16)21-17(22)10-19-24(26(21)30-6)34-12-32-19/h7,9-10,14-15,22H,8,11-12H2,1-6H3/b13-7-/t14-,15+,22?/m0/s1. The summed E-state index contributed by atoms with van der Waals surface area (Å²) in [5.41, 5.74) is 3.88. The van der Waals surface area contributed by atoms with Crippen molar-refractivity contribution in [3.63, 3.8) is 0 Å². The third kappa shape index (κ3) is 3.63. The smallest absolute Gasteiger partial charge is 0.333 e. The molecule has 2 aromatic carbocycles. The van der Waals surface area contributed by atoms with Gasteiger partial charge in [-0.25, -0.2) is 4.79 Å². The first-order valence-electron chi connectivity index (χ1n) is 11.7. The second kappa shape index (κ2) is 8.91. The Balaban J connectivity index is 1.85. The SMILES string of the molecule is C/C=C(/C)C(=O)OC1c2cc3c(c(OC)c2-c2c(cc4c(c2OC)OCO4)C[C@H](C)[C@H]1C)OCO3. The van der Waals surface area contributed by atoms with Gasteiger partial charge in [0.2, 0.25) is 25.1 Å². The zero-order valence-corrected chi connectivity index (χ0v) is 20.9. The fourth-order valence-electron chi connectivity index (χ4n) is 5.01. The van der Waals surface area contributed by atoms with Gasteiger partial charge in [-0.15, -0.1) is 0 Å². The highest BCUT2D eigenvalue weighted by Gasteiger charge is 2.40. The zero-order valence-electron chi connectivity index (χ0n) is 20.9. The summed E-state index contributed by atoms with van der Waals surface area (Å²) in [5, 5.41) is 0. The molecule has 0 saturated heterocycles. The number of fused-ring (bicyclic) bond motifs is 5. The third-order valence-corrected chi connectivity index (χ3v) is 7.22. The van der Waals surface area contributed by atoms with E-state index < -0.39 is 6.10 Å². The van der Waals surface area contributed by atoms with Gasteiger partial charge in [0, 0.05) is 28.2 Å². The minimum absolute atomic E-state index is 0.0167. The molecule has 2 heterocycles. The van der Waals surface area contributed by atoms with Crippen molar-refractivity contribution >= 4 is 5.97 Å². The van der Waals surface area contributed by atoms with Crippen LogP contribution in [0.3, 0.4) is 0 Å². The van der Waals surface area contributed by atoms with Crippen LogP contribution in [0.2, 0.25) is 0 Å². The number of carbonyl (C=O) groups is 1. The molecule has 0 saturated carbocycles. The molecule has 2 aliphatic heterocycles. The minimum atomic E-state index is -0.561. The summed E-state index contributed by atoms with van der Waals surface area (Å²) in [6.45, 7) is 8.02. The van der Waals surface area contributed by atoms with Crippen LogP contribution in [0.15, 0.2) is 23.8 Å². The molecular formula is C27H30O8. The molecule has 0 fully saturated rings. The van der Waals surface area contributed by atoms with Gasteiger partial charge >= 0.3 is 5.97 Å². The maximum atomic E-state index is 13.0. The van der Waals surface area contributed by atoms with Crippen LogP contribution in [0.4, 0.5) is 0 Å². The first-order chi connectivity index (χ1) is 16.9. The molecule has 186 valence electrons.